The number of aromatic nitrogens is 2. The van der Waals surface area contributed by atoms with Crippen molar-refractivity contribution in [3.63, 3.8) is 0 Å². The molecular formula is C16H13BrCl2N2. The minimum Gasteiger partial charge on any atom is -0.294 e. The number of imidazole rings is 1. The van der Waals surface area contributed by atoms with Crippen LogP contribution < -0.4 is 0 Å². The monoisotopic (exact) mass is 382 g/mol. The van der Waals surface area contributed by atoms with Crippen LogP contribution in [0, 0.1) is 6.92 Å². The summed E-state index contributed by atoms with van der Waals surface area (Å²) >= 11 is 16.0. The number of aryl methyl sites for hydroxylation is 2. The standard InChI is InChI=1S/C16H13BrCl2N2/c1-10-5-6-11(17)14(9-10)21-15(7-8-18)20-13-4-2-3-12(19)16(13)21/h2-6,9H,7-8H2,1H3. The summed E-state index contributed by atoms with van der Waals surface area (Å²) in [5.41, 5.74) is 4.02. The first-order valence-corrected chi connectivity index (χ1v) is 8.30. The third-order valence-corrected chi connectivity index (χ3v) is 4.52. The van der Waals surface area contributed by atoms with Crippen molar-refractivity contribution in [1.29, 1.82) is 0 Å². The van der Waals surface area contributed by atoms with Crippen LogP contribution >= 0.6 is 39.1 Å². The smallest absolute Gasteiger partial charge is 0.115 e. The van der Waals surface area contributed by atoms with E-state index >= 15 is 0 Å². The van der Waals surface area contributed by atoms with Crippen molar-refractivity contribution in [1.82, 2.24) is 9.55 Å². The first-order chi connectivity index (χ1) is 10.1. The Balaban J connectivity index is 2.38. The van der Waals surface area contributed by atoms with Crippen LogP contribution in [0.1, 0.15) is 11.4 Å². The topological polar surface area (TPSA) is 17.8 Å². The van der Waals surface area contributed by atoms with Crippen LogP contribution in [0.4, 0.5) is 0 Å². The molecule has 1 aromatic heterocycles. The highest BCUT2D eigenvalue weighted by Gasteiger charge is 2.16. The summed E-state index contributed by atoms with van der Waals surface area (Å²) in [4.78, 5) is 4.68. The molecule has 0 amide bonds. The number of rotatable bonds is 3. The lowest BCUT2D eigenvalue weighted by Crippen LogP contribution is -2.03. The van der Waals surface area contributed by atoms with E-state index in [4.69, 9.17) is 23.2 Å². The maximum atomic E-state index is 6.41. The number of para-hydroxylation sites is 1. The number of hydrogen-bond acceptors (Lipinski definition) is 1. The Morgan fingerprint density at radius 3 is 2.81 bits per heavy atom. The van der Waals surface area contributed by atoms with Crippen LogP contribution in [-0.2, 0) is 6.42 Å². The molecule has 0 atom stereocenters. The van der Waals surface area contributed by atoms with E-state index in [1.807, 2.05) is 24.3 Å². The van der Waals surface area contributed by atoms with Crippen molar-refractivity contribution in [2.24, 2.45) is 0 Å². The normalized spacial score (nSPS) is 11.2. The lowest BCUT2D eigenvalue weighted by molar-refractivity contribution is 0.908. The maximum absolute atomic E-state index is 6.41. The molecule has 0 saturated heterocycles. The van der Waals surface area contributed by atoms with Gasteiger partial charge in [-0.1, -0.05) is 23.7 Å². The Kier molecular flexibility index (Phi) is 4.25. The van der Waals surface area contributed by atoms with Crippen LogP contribution in [0.2, 0.25) is 5.02 Å². The number of hydrogen-bond donors (Lipinski definition) is 0. The van der Waals surface area contributed by atoms with Crippen molar-refractivity contribution < 1.29 is 0 Å². The highest BCUT2D eigenvalue weighted by atomic mass is 79.9. The van der Waals surface area contributed by atoms with Crippen molar-refractivity contribution in [3.05, 3.63) is 57.3 Å². The van der Waals surface area contributed by atoms with E-state index < -0.39 is 0 Å². The van der Waals surface area contributed by atoms with Gasteiger partial charge in [-0.25, -0.2) is 4.98 Å². The van der Waals surface area contributed by atoms with Gasteiger partial charge in [0.25, 0.3) is 0 Å². The van der Waals surface area contributed by atoms with Gasteiger partial charge in [0.2, 0.25) is 0 Å². The summed E-state index contributed by atoms with van der Waals surface area (Å²) in [5, 5.41) is 0.689. The molecule has 0 aliphatic carbocycles. The predicted octanol–water partition coefficient (Wildman–Crippen LogP) is 5.53. The fourth-order valence-corrected chi connectivity index (χ4v) is 3.29. The average molecular weight is 384 g/mol. The molecule has 0 spiro atoms. The zero-order valence-corrected chi connectivity index (χ0v) is 14.5. The fraction of sp³-hybridized carbons (Fsp3) is 0.188. The lowest BCUT2D eigenvalue weighted by atomic mass is 10.2. The predicted molar refractivity (Wildman–Crippen MR) is 92.9 cm³/mol. The first-order valence-electron chi connectivity index (χ1n) is 6.60. The second kappa shape index (κ2) is 5.99. The molecule has 0 aliphatic heterocycles. The molecule has 2 nitrogen and oxygen atoms in total. The minimum absolute atomic E-state index is 0.518. The summed E-state index contributed by atoms with van der Waals surface area (Å²) in [6, 6.07) is 12.0. The Morgan fingerprint density at radius 2 is 2.05 bits per heavy atom. The van der Waals surface area contributed by atoms with Gasteiger partial charge in [-0.3, -0.25) is 4.57 Å². The van der Waals surface area contributed by atoms with Crippen molar-refractivity contribution in [3.8, 4) is 5.69 Å². The van der Waals surface area contributed by atoms with E-state index in [1.54, 1.807) is 0 Å². The summed E-state index contributed by atoms with van der Waals surface area (Å²) in [6.07, 6.45) is 0.687. The van der Waals surface area contributed by atoms with Crippen molar-refractivity contribution >= 4 is 50.2 Å². The molecule has 0 aliphatic rings. The molecule has 0 fully saturated rings. The zero-order chi connectivity index (χ0) is 15.0. The van der Waals surface area contributed by atoms with Gasteiger partial charge in [-0.05, 0) is 52.7 Å². The molecule has 1 heterocycles. The Hall–Kier alpha value is -1.03. The summed E-state index contributed by atoms with van der Waals surface area (Å²) in [7, 11) is 0. The molecule has 0 unspecified atom stereocenters. The Bertz CT molecular complexity index is 811. The third kappa shape index (κ3) is 2.70. The SMILES string of the molecule is Cc1ccc(Br)c(-n2c(CCCl)nc3cccc(Cl)c32)c1. The average Bonchev–Trinajstić information content (AvgIpc) is 2.81. The first kappa shape index (κ1) is 14.9. The third-order valence-electron chi connectivity index (χ3n) is 3.36. The van der Waals surface area contributed by atoms with E-state index in [9.17, 15) is 0 Å². The summed E-state index contributed by atoms with van der Waals surface area (Å²) < 4.78 is 3.10. The van der Waals surface area contributed by atoms with E-state index in [2.05, 4.69) is 44.5 Å². The Morgan fingerprint density at radius 1 is 1.24 bits per heavy atom. The molecule has 21 heavy (non-hydrogen) atoms. The van der Waals surface area contributed by atoms with E-state index in [1.165, 1.54) is 5.56 Å². The van der Waals surface area contributed by atoms with Crippen molar-refractivity contribution in [2.75, 3.05) is 5.88 Å². The van der Waals surface area contributed by atoms with Gasteiger partial charge < -0.3 is 0 Å². The van der Waals surface area contributed by atoms with Crippen molar-refractivity contribution in [2.45, 2.75) is 13.3 Å². The largest absolute Gasteiger partial charge is 0.294 e. The van der Waals surface area contributed by atoms with E-state index in [0.29, 0.717) is 17.3 Å². The quantitative estimate of drug-likeness (QED) is 0.543. The van der Waals surface area contributed by atoms with Gasteiger partial charge in [0.1, 0.15) is 5.82 Å². The van der Waals surface area contributed by atoms with Gasteiger partial charge in [0.05, 0.1) is 21.7 Å². The highest BCUT2D eigenvalue weighted by molar-refractivity contribution is 9.10. The van der Waals surface area contributed by atoms with Gasteiger partial charge in [-0.15, -0.1) is 11.6 Å². The van der Waals surface area contributed by atoms with Gasteiger partial charge >= 0.3 is 0 Å². The Labute approximate surface area is 141 Å². The van der Waals surface area contributed by atoms with Crippen LogP contribution in [0.25, 0.3) is 16.7 Å². The molecular weight excluding hydrogens is 371 g/mol. The van der Waals surface area contributed by atoms with E-state index in [-0.39, 0.29) is 0 Å². The van der Waals surface area contributed by atoms with Crippen LogP contribution in [-0.4, -0.2) is 15.4 Å². The lowest BCUT2D eigenvalue weighted by Gasteiger charge is -2.12. The molecule has 108 valence electrons. The minimum atomic E-state index is 0.518. The molecule has 0 bridgehead atoms. The number of fused-ring (bicyclic) bond motifs is 1. The number of nitrogens with zero attached hydrogens (tertiary/aromatic N) is 2. The zero-order valence-electron chi connectivity index (χ0n) is 11.4. The van der Waals surface area contributed by atoms with Gasteiger partial charge in [-0.2, -0.15) is 0 Å². The van der Waals surface area contributed by atoms with Crippen LogP contribution in [0.3, 0.4) is 0 Å². The van der Waals surface area contributed by atoms with Crippen LogP contribution in [0.5, 0.6) is 0 Å². The second-order valence-electron chi connectivity index (χ2n) is 4.86. The summed E-state index contributed by atoms with van der Waals surface area (Å²) in [5.74, 6) is 1.43. The van der Waals surface area contributed by atoms with Gasteiger partial charge in [0.15, 0.2) is 0 Å². The fourth-order valence-electron chi connectivity index (χ4n) is 2.44. The molecule has 0 N–H and O–H groups in total. The molecule has 3 aromatic rings. The van der Waals surface area contributed by atoms with E-state index in [0.717, 1.165) is 27.0 Å². The second-order valence-corrected chi connectivity index (χ2v) is 6.50. The van der Waals surface area contributed by atoms with Gasteiger partial charge in [0, 0.05) is 16.8 Å². The highest BCUT2D eigenvalue weighted by Crippen LogP contribution is 2.32. The number of halogens is 3. The number of benzene rings is 2. The molecule has 2 aromatic carbocycles. The maximum Gasteiger partial charge on any atom is 0.115 e. The molecule has 0 saturated carbocycles. The molecule has 5 heteroatoms. The molecule has 0 radical (unpaired) electrons. The summed E-state index contributed by atoms with van der Waals surface area (Å²) in [6.45, 7) is 2.07. The number of alkyl halides is 1. The van der Waals surface area contributed by atoms with Crippen LogP contribution in [0.15, 0.2) is 40.9 Å². The molecule has 3 rings (SSSR count).